The zero-order valence-corrected chi connectivity index (χ0v) is 16.6. The summed E-state index contributed by atoms with van der Waals surface area (Å²) in [5.74, 6) is 1.99. The minimum Gasteiger partial charge on any atom is -0.484 e. The number of furan rings is 1. The van der Waals surface area contributed by atoms with Gasteiger partial charge >= 0.3 is 0 Å². The van der Waals surface area contributed by atoms with E-state index in [1.165, 1.54) is 6.08 Å². The quantitative estimate of drug-likeness (QED) is 0.252. The summed E-state index contributed by atoms with van der Waals surface area (Å²) in [5, 5.41) is 2.16. The Labute approximate surface area is 171 Å². The Balaban J connectivity index is 1.41. The molecule has 0 unspecified atom stereocenters. The molecule has 0 saturated carbocycles. The zero-order valence-electron chi connectivity index (χ0n) is 15.0. The Hall–Kier alpha value is -3.11. The lowest BCUT2D eigenvalue weighted by Gasteiger charge is -2.05. The molecular formula is C24H17BrO3. The molecule has 0 spiro atoms. The topological polar surface area (TPSA) is 39.4 Å². The largest absolute Gasteiger partial charge is 0.484 e. The summed E-state index contributed by atoms with van der Waals surface area (Å²) in [7, 11) is 0. The van der Waals surface area contributed by atoms with E-state index < -0.39 is 0 Å². The second kappa shape index (κ2) is 8.28. The highest BCUT2D eigenvalue weighted by atomic mass is 79.9. The van der Waals surface area contributed by atoms with Crippen LogP contribution in [0.2, 0.25) is 0 Å². The van der Waals surface area contributed by atoms with Gasteiger partial charge in [0.15, 0.2) is 5.78 Å². The second-order valence-electron chi connectivity index (χ2n) is 6.28. The van der Waals surface area contributed by atoms with Crippen LogP contribution in [0.15, 0.2) is 93.8 Å². The molecule has 4 aromatic rings. The molecular weight excluding hydrogens is 416 g/mol. The molecule has 138 valence electrons. The molecule has 4 heteroatoms. The second-order valence-corrected chi connectivity index (χ2v) is 7.14. The first-order valence-corrected chi connectivity index (χ1v) is 9.65. The summed E-state index contributed by atoms with van der Waals surface area (Å²) in [6.07, 6.45) is 3.21. The van der Waals surface area contributed by atoms with Gasteiger partial charge in [-0.2, -0.15) is 0 Å². The van der Waals surface area contributed by atoms with Gasteiger partial charge in [-0.3, -0.25) is 4.79 Å². The van der Waals surface area contributed by atoms with Crippen LogP contribution in [0.4, 0.5) is 0 Å². The van der Waals surface area contributed by atoms with Crippen molar-refractivity contribution in [3.8, 4) is 5.75 Å². The van der Waals surface area contributed by atoms with Crippen molar-refractivity contribution in [3.63, 3.8) is 0 Å². The van der Waals surface area contributed by atoms with Crippen LogP contribution < -0.4 is 4.74 Å². The van der Waals surface area contributed by atoms with E-state index in [1.54, 1.807) is 6.08 Å². The fourth-order valence-corrected chi connectivity index (χ4v) is 3.27. The first-order valence-electron chi connectivity index (χ1n) is 8.86. The van der Waals surface area contributed by atoms with Gasteiger partial charge in [-0.05, 0) is 69.2 Å². The Bertz CT molecular complexity index is 1160. The van der Waals surface area contributed by atoms with Crippen LogP contribution in [0.5, 0.6) is 5.75 Å². The number of para-hydroxylation sites is 1. The van der Waals surface area contributed by atoms with Gasteiger partial charge in [-0.15, -0.1) is 0 Å². The summed E-state index contributed by atoms with van der Waals surface area (Å²) in [5.41, 5.74) is 0.652. The minimum atomic E-state index is -0.0619. The van der Waals surface area contributed by atoms with Gasteiger partial charge in [0.1, 0.15) is 23.9 Å². The molecule has 1 heterocycles. The maximum atomic E-state index is 12.5. The number of ketones is 1. The van der Waals surface area contributed by atoms with E-state index in [0.717, 1.165) is 21.0 Å². The molecule has 0 amide bonds. The number of fused-ring (bicyclic) bond motifs is 1. The molecule has 4 rings (SSSR count). The molecule has 0 aliphatic carbocycles. The van der Waals surface area contributed by atoms with Crippen LogP contribution >= 0.6 is 15.9 Å². The number of carbonyl (C=O) groups is 1. The average Bonchev–Trinajstić information content (AvgIpc) is 3.19. The fourth-order valence-electron chi connectivity index (χ4n) is 2.87. The SMILES string of the molecule is O=C(/C=C/c1ccc(COc2ccccc2Br)o1)c1ccc2ccccc2c1. The maximum Gasteiger partial charge on any atom is 0.185 e. The summed E-state index contributed by atoms with van der Waals surface area (Å²) < 4.78 is 12.4. The van der Waals surface area contributed by atoms with Gasteiger partial charge < -0.3 is 9.15 Å². The van der Waals surface area contributed by atoms with Crippen molar-refractivity contribution in [2.24, 2.45) is 0 Å². The van der Waals surface area contributed by atoms with Crippen molar-refractivity contribution < 1.29 is 13.9 Å². The maximum absolute atomic E-state index is 12.5. The van der Waals surface area contributed by atoms with Gasteiger partial charge in [-0.25, -0.2) is 0 Å². The lowest BCUT2D eigenvalue weighted by Crippen LogP contribution is -1.94. The lowest BCUT2D eigenvalue weighted by atomic mass is 10.0. The van der Waals surface area contributed by atoms with Gasteiger partial charge in [-0.1, -0.05) is 48.5 Å². The molecule has 0 radical (unpaired) electrons. The Morgan fingerprint density at radius 2 is 1.71 bits per heavy atom. The minimum absolute atomic E-state index is 0.0619. The monoisotopic (exact) mass is 432 g/mol. The summed E-state index contributed by atoms with van der Waals surface area (Å²) >= 11 is 3.45. The number of ether oxygens (including phenoxy) is 1. The summed E-state index contributed by atoms with van der Waals surface area (Å²) in [6.45, 7) is 0.315. The van der Waals surface area contributed by atoms with Crippen molar-refractivity contribution in [2.75, 3.05) is 0 Å². The van der Waals surface area contributed by atoms with E-state index in [2.05, 4.69) is 15.9 Å². The number of halogens is 1. The third-order valence-electron chi connectivity index (χ3n) is 4.32. The van der Waals surface area contributed by atoms with Crippen molar-refractivity contribution in [1.29, 1.82) is 0 Å². The lowest BCUT2D eigenvalue weighted by molar-refractivity contribution is 0.104. The Morgan fingerprint density at radius 3 is 2.57 bits per heavy atom. The summed E-state index contributed by atoms with van der Waals surface area (Å²) in [4.78, 5) is 12.5. The van der Waals surface area contributed by atoms with Crippen molar-refractivity contribution >= 4 is 38.6 Å². The molecule has 0 aliphatic rings. The van der Waals surface area contributed by atoms with Gasteiger partial charge in [0.2, 0.25) is 0 Å². The number of hydrogen-bond donors (Lipinski definition) is 0. The predicted molar refractivity (Wildman–Crippen MR) is 114 cm³/mol. The van der Waals surface area contributed by atoms with Gasteiger partial charge in [0, 0.05) is 5.56 Å². The fraction of sp³-hybridized carbons (Fsp3) is 0.0417. The van der Waals surface area contributed by atoms with E-state index in [-0.39, 0.29) is 5.78 Å². The van der Waals surface area contributed by atoms with Crippen LogP contribution in [0.25, 0.3) is 16.8 Å². The zero-order chi connectivity index (χ0) is 19.3. The van der Waals surface area contributed by atoms with Crippen LogP contribution in [0.1, 0.15) is 21.9 Å². The molecule has 3 aromatic carbocycles. The average molecular weight is 433 g/mol. The van der Waals surface area contributed by atoms with E-state index in [0.29, 0.717) is 23.7 Å². The van der Waals surface area contributed by atoms with Crippen molar-refractivity contribution in [1.82, 2.24) is 0 Å². The predicted octanol–water partition coefficient (Wildman–Crippen LogP) is 6.67. The van der Waals surface area contributed by atoms with E-state index in [1.807, 2.05) is 78.9 Å². The van der Waals surface area contributed by atoms with E-state index >= 15 is 0 Å². The summed E-state index contributed by atoms with van der Waals surface area (Å²) in [6, 6.07) is 25.0. The highest BCUT2D eigenvalue weighted by molar-refractivity contribution is 9.10. The normalized spacial score (nSPS) is 11.2. The number of carbonyl (C=O) groups excluding carboxylic acids is 1. The Kier molecular flexibility index (Phi) is 5.40. The number of benzene rings is 3. The van der Waals surface area contributed by atoms with Crippen molar-refractivity contribution in [2.45, 2.75) is 6.61 Å². The molecule has 0 atom stereocenters. The third kappa shape index (κ3) is 4.24. The molecule has 0 N–H and O–H groups in total. The van der Waals surface area contributed by atoms with E-state index in [9.17, 15) is 4.79 Å². The first-order chi connectivity index (χ1) is 13.7. The molecule has 1 aromatic heterocycles. The molecule has 3 nitrogen and oxygen atoms in total. The third-order valence-corrected chi connectivity index (χ3v) is 4.98. The Morgan fingerprint density at radius 1 is 0.929 bits per heavy atom. The first kappa shape index (κ1) is 18.3. The van der Waals surface area contributed by atoms with Crippen LogP contribution in [-0.4, -0.2) is 5.78 Å². The number of hydrogen-bond acceptors (Lipinski definition) is 3. The molecule has 0 aliphatic heterocycles. The number of rotatable bonds is 6. The molecule has 0 fully saturated rings. The molecule has 0 saturated heterocycles. The standard InChI is InChI=1S/C24H17BrO3/c25-22-7-3-4-8-24(22)27-16-21-12-11-20(28-21)13-14-23(26)19-10-9-17-5-1-2-6-18(17)15-19/h1-15H,16H2/b14-13+. The molecule has 0 bridgehead atoms. The highest BCUT2D eigenvalue weighted by Crippen LogP contribution is 2.25. The number of allylic oxidation sites excluding steroid dienone is 1. The smallest absolute Gasteiger partial charge is 0.185 e. The van der Waals surface area contributed by atoms with Crippen LogP contribution in [-0.2, 0) is 6.61 Å². The van der Waals surface area contributed by atoms with Crippen LogP contribution in [0, 0.1) is 0 Å². The van der Waals surface area contributed by atoms with E-state index in [4.69, 9.17) is 9.15 Å². The van der Waals surface area contributed by atoms with Crippen LogP contribution in [0.3, 0.4) is 0 Å². The highest BCUT2D eigenvalue weighted by Gasteiger charge is 2.06. The molecule has 28 heavy (non-hydrogen) atoms. The van der Waals surface area contributed by atoms with Crippen molar-refractivity contribution in [3.05, 3.63) is 106 Å². The van der Waals surface area contributed by atoms with Gasteiger partial charge in [0.25, 0.3) is 0 Å². The van der Waals surface area contributed by atoms with Gasteiger partial charge in [0.05, 0.1) is 4.47 Å².